The van der Waals surface area contributed by atoms with Gasteiger partial charge in [0.15, 0.2) is 11.2 Å². The van der Waals surface area contributed by atoms with Crippen molar-refractivity contribution in [1.29, 1.82) is 0 Å². The lowest BCUT2D eigenvalue weighted by atomic mass is 9.80. The highest BCUT2D eigenvalue weighted by Crippen LogP contribution is 2.44. The van der Waals surface area contributed by atoms with Crippen molar-refractivity contribution >= 4 is 42.5 Å². The third kappa shape index (κ3) is 10.3. The molecule has 304 valence electrons. The van der Waals surface area contributed by atoms with Crippen molar-refractivity contribution < 1.29 is 37.7 Å². The Kier molecular flexibility index (Phi) is 15.4. The van der Waals surface area contributed by atoms with Gasteiger partial charge in [0, 0.05) is 12.3 Å². The summed E-state index contributed by atoms with van der Waals surface area (Å²) in [6, 6.07) is 25.0. The molecule has 0 saturated carbocycles. The van der Waals surface area contributed by atoms with Gasteiger partial charge >= 0.3 is 7.23 Å². The predicted octanol–water partition coefficient (Wildman–Crippen LogP) is 5.55. The second-order valence-electron chi connectivity index (χ2n) is 13.7. The number of H-pyrrole nitrogens is 1. The van der Waals surface area contributed by atoms with Crippen LogP contribution in [0, 0.1) is 5.92 Å². The van der Waals surface area contributed by atoms with Crippen LogP contribution >= 0.6 is 7.23 Å². The van der Waals surface area contributed by atoms with E-state index in [4.69, 9.17) is 35.7 Å². The number of benzene rings is 3. The van der Waals surface area contributed by atoms with Crippen molar-refractivity contribution in [3.63, 3.8) is 0 Å². The molecule has 0 bridgehead atoms. The summed E-state index contributed by atoms with van der Waals surface area (Å²) in [6.07, 6.45) is -0.632. The van der Waals surface area contributed by atoms with Crippen LogP contribution in [0.15, 0.2) is 90.0 Å². The molecule has 1 unspecified atom stereocenters. The molecule has 1 aliphatic rings. The van der Waals surface area contributed by atoms with E-state index < -0.39 is 36.8 Å². The van der Waals surface area contributed by atoms with Crippen molar-refractivity contribution in [2.24, 2.45) is 5.92 Å². The number of hydrogen-bond donors (Lipinski definition) is 3. The number of nitrogens with one attached hydrogen (secondary N) is 3. The Morgan fingerprint density at radius 3 is 2.02 bits per heavy atom. The second-order valence-corrected chi connectivity index (χ2v) is 15.3. The van der Waals surface area contributed by atoms with Gasteiger partial charge in [0.25, 0.3) is 5.56 Å². The average Bonchev–Trinajstić information content (AvgIpc) is 3.83. The molecule has 0 aliphatic carbocycles. The zero-order chi connectivity index (χ0) is 41.1. The minimum absolute atomic E-state index is 0.0195. The predicted molar refractivity (Wildman–Crippen MR) is 221 cm³/mol. The fourth-order valence-corrected chi connectivity index (χ4v) is 7.51. The van der Waals surface area contributed by atoms with E-state index in [9.17, 15) is 14.2 Å². The summed E-state index contributed by atoms with van der Waals surface area (Å²) in [4.78, 5) is 38.2. The average molecular weight is 820 g/mol. The number of nitrogens with zero attached hydrogens (tertiary/aromatic N) is 3. The van der Waals surface area contributed by atoms with E-state index >= 15 is 0 Å². The third-order valence-corrected chi connectivity index (χ3v) is 10.7. The molecule has 4 atom stereocenters. The number of aromatic amines is 1. The molecule has 3 N–H and O–H groups in total. The number of amides is 1. The van der Waals surface area contributed by atoms with Crippen LogP contribution in [0.25, 0.3) is 11.2 Å². The number of imidazole rings is 1. The number of methoxy groups -OCH3 is 2. The summed E-state index contributed by atoms with van der Waals surface area (Å²) in [5.41, 5.74) is 1.05. The van der Waals surface area contributed by atoms with Crippen LogP contribution in [0.4, 0.5) is 5.95 Å². The molecule has 57 heavy (non-hydrogen) atoms. The lowest BCUT2D eigenvalue weighted by Crippen LogP contribution is -3.11. The first kappa shape index (κ1) is 43.5. The minimum atomic E-state index is -2.43. The van der Waals surface area contributed by atoms with Crippen molar-refractivity contribution in [1.82, 2.24) is 19.5 Å². The molecule has 2 aromatic heterocycles. The Morgan fingerprint density at radius 2 is 1.53 bits per heavy atom. The number of quaternary nitrogens is 1. The summed E-state index contributed by atoms with van der Waals surface area (Å²) in [5, 5.41) is 2.62. The van der Waals surface area contributed by atoms with Gasteiger partial charge in [0.2, 0.25) is 11.9 Å². The first-order valence-electron chi connectivity index (χ1n) is 19.0. The molecule has 5 aromatic rings. The highest BCUT2D eigenvalue weighted by molar-refractivity contribution is 8.25. The van der Waals surface area contributed by atoms with Crippen molar-refractivity contribution in [2.45, 2.75) is 65.1 Å². The minimum Gasteiger partial charge on any atom is -0.497 e. The first-order valence-corrected chi connectivity index (χ1v) is 21.2. The molecular formula is C41H52N6O8PS+. The Hall–Kier alpha value is -4.63. The fraction of sp³-hybridized carbons (Fsp3) is 0.415. The monoisotopic (exact) mass is 819 g/mol. The molecule has 16 heteroatoms. The summed E-state index contributed by atoms with van der Waals surface area (Å²) >= 11 is 4.96. The molecule has 1 saturated heterocycles. The summed E-state index contributed by atoms with van der Waals surface area (Å²) in [5.74, 6) is 0.696. The van der Waals surface area contributed by atoms with Crippen molar-refractivity contribution in [3.8, 4) is 11.5 Å². The standard InChI is InChI=1S/C35H36N5O8PS.C6H15N/c1-21(2)32(41)38-34-37-31-30(33(42)39-34)36-20-40(31)29-18-27(48-49(43)50)28(47-29)19-46-35(22-8-6-5-7-9-22,23-10-14-25(44-3)15-11-23)24-12-16-26(45-4)17-13-24;1-4-7(5-2)6-3/h5-17,20-21,27-29H,18-19H2,1-4H3,(H2,37,38,39,41,42);4-6H2,1-3H3/p+1/t27-,28+,29+;/m0./s1. The lowest BCUT2D eigenvalue weighted by molar-refractivity contribution is -0.894. The van der Waals surface area contributed by atoms with Gasteiger partial charge in [0.1, 0.15) is 35.5 Å². The number of hydrogen-bond acceptors (Lipinski definition) is 11. The van der Waals surface area contributed by atoms with E-state index in [1.807, 2.05) is 78.9 Å². The van der Waals surface area contributed by atoms with Gasteiger partial charge in [-0.05, 0) is 61.7 Å². The molecule has 3 heterocycles. The topological polar surface area (TPSA) is 160 Å². The van der Waals surface area contributed by atoms with E-state index in [0.717, 1.165) is 16.7 Å². The summed E-state index contributed by atoms with van der Waals surface area (Å²) < 4.78 is 44.1. The molecule has 6 rings (SSSR count). The molecule has 0 radical (unpaired) electrons. The number of rotatable bonds is 16. The van der Waals surface area contributed by atoms with Crippen LogP contribution in [0.5, 0.6) is 11.5 Å². The quantitative estimate of drug-likeness (QED) is 0.0651. The van der Waals surface area contributed by atoms with Crippen LogP contribution in [-0.4, -0.2) is 78.1 Å². The van der Waals surface area contributed by atoms with Crippen LogP contribution < -0.4 is 25.2 Å². The maximum atomic E-state index is 12.9. The number of anilines is 1. The van der Waals surface area contributed by atoms with Gasteiger partial charge in [-0.25, -0.2) is 4.98 Å². The SMILES string of the molecule is CC[NH+](CC)CC.COc1ccc(C(OC[C@H]2O[C@@H](n3cnc4c(=O)[nH]c(NC(=O)C(C)C)nc43)C[C@@H]2O[P+](=O)[S-])(c2ccccc2)c2ccc(OC)cc2)cc1. The second kappa shape index (κ2) is 20.2. The summed E-state index contributed by atoms with van der Waals surface area (Å²) in [7, 11) is 0.782. The van der Waals surface area contributed by atoms with Crippen LogP contribution in [-0.2, 0) is 41.2 Å². The van der Waals surface area contributed by atoms with E-state index in [1.54, 1.807) is 37.5 Å². The van der Waals surface area contributed by atoms with Crippen LogP contribution in [0.3, 0.4) is 0 Å². The highest BCUT2D eigenvalue weighted by atomic mass is 32.7. The van der Waals surface area contributed by atoms with Gasteiger partial charge in [-0.15, -0.1) is 0 Å². The molecule has 14 nitrogen and oxygen atoms in total. The van der Waals surface area contributed by atoms with Crippen LogP contribution in [0.2, 0.25) is 0 Å². The van der Waals surface area contributed by atoms with E-state index in [2.05, 4.69) is 41.0 Å². The molecule has 1 fully saturated rings. The molecule has 3 aromatic carbocycles. The first-order chi connectivity index (χ1) is 27.5. The Balaban J connectivity index is 0.000000811. The molecule has 1 aliphatic heterocycles. The third-order valence-electron chi connectivity index (χ3n) is 10.0. The van der Waals surface area contributed by atoms with E-state index in [0.29, 0.717) is 11.5 Å². The molecule has 1 amide bonds. The van der Waals surface area contributed by atoms with Crippen molar-refractivity contribution in [3.05, 3.63) is 112 Å². The largest absolute Gasteiger partial charge is 0.497 e. The number of carbonyl (C=O) groups excluding carboxylic acids is 1. The number of fused-ring (bicyclic) bond motifs is 1. The van der Waals surface area contributed by atoms with E-state index in [1.165, 1.54) is 26.0 Å². The van der Waals surface area contributed by atoms with Crippen LogP contribution in [0.1, 0.15) is 64.0 Å². The maximum Gasteiger partial charge on any atom is 0.372 e. The Labute approximate surface area is 339 Å². The normalized spacial score (nSPS) is 17.0. The zero-order valence-electron chi connectivity index (χ0n) is 33.4. The molecular weight excluding hydrogens is 768 g/mol. The Morgan fingerprint density at radius 1 is 0.965 bits per heavy atom. The van der Waals surface area contributed by atoms with Gasteiger partial charge < -0.3 is 36.1 Å². The summed E-state index contributed by atoms with van der Waals surface area (Å²) in [6.45, 7) is 13.9. The number of carbonyl (C=O) groups is 1. The smallest absolute Gasteiger partial charge is 0.372 e. The molecule has 0 spiro atoms. The van der Waals surface area contributed by atoms with Crippen molar-refractivity contribution in [2.75, 3.05) is 45.8 Å². The van der Waals surface area contributed by atoms with Gasteiger partial charge in [-0.3, -0.25) is 24.5 Å². The van der Waals surface area contributed by atoms with Gasteiger partial charge in [-0.1, -0.05) is 73.0 Å². The lowest BCUT2D eigenvalue weighted by Gasteiger charge is -2.37. The van der Waals surface area contributed by atoms with E-state index in [-0.39, 0.29) is 42.0 Å². The highest BCUT2D eigenvalue weighted by Gasteiger charge is 2.45. The maximum absolute atomic E-state index is 12.9. The number of ether oxygens (including phenoxy) is 4. The fourth-order valence-electron chi connectivity index (χ4n) is 6.73. The zero-order valence-corrected chi connectivity index (χ0v) is 35.1. The Bertz CT molecular complexity index is 2070. The number of aromatic nitrogens is 4. The van der Waals surface area contributed by atoms with Gasteiger partial charge in [-0.2, -0.15) is 9.51 Å². The van der Waals surface area contributed by atoms with Gasteiger partial charge in [0.05, 0.1) is 46.8 Å².